The van der Waals surface area contributed by atoms with Gasteiger partial charge in [-0.1, -0.05) is 65.7 Å². The molecule has 13 heteroatoms. The Hall–Kier alpha value is -4.81. The molecule has 4 N–H and O–H groups in total. The normalized spacial score (nSPS) is 14.3. The summed E-state index contributed by atoms with van der Waals surface area (Å²) in [6.07, 6.45) is 4.50. The fourth-order valence-corrected chi connectivity index (χ4v) is 6.52. The van der Waals surface area contributed by atoms with Gasteiger partial charge in [0, 0.05) is 84.4 Å². The molecule has 11 nitrogen and oxygen atoms in total. The molecule has 5 aromatic rings. The first kappa shape index (κ1) is 34.1. The first-order valence-electron chi connectivity index (χ1n) is 15.8. The lowest BCUT2D eigenvalue weighted by Gasteiger charge is -2.16. The van der Waals surface area contributed by atoms with E-state index in [2.05, 4.69) is 20.9 Å². The summed E-state index contributed by atoms with van der Waals surface area (Å²) in [5.41, 5.74) is 5.85. The number of halogens is 2. The third-order valence-corrected chi connectivity index (χ3v) is 9.22. The molecule has 0 unspecified atom stereocenters. The van der Waals surface area contributed by atoms with Crippen LogP contribution in [0.3, 0.4) is 0 Å². The molecule has 1 atom stereocenters. The lowest BCUT2D eigenvalue weighted by molar-refractivity contribution is -0.136. The standard InChI is InChI=1S/C36H34Cl2N6O5/c1-49-35-22(17-40-20-24-9-11-31(45)42-24)8-10-29(43-35)28-7-3-6-27(34(28)38)26-5-2-4-25(33(26)37)21-13-15-44-30(16-21)41-19-23(36(44)48)18-39-14-12-32(46)47/h2-8,10,13,15-16,19,24,39-40H,9,11-12,14,17-18,20H2,1H3,(H,42,45)(H,46,47)/t24-/m0/s1. The highest BCUT2D eigenvalue weighted by molar-refractivity contribution is 6.39. The minimum Gasteiger partial charge on any atom is -0.481 e. The number of benzene rings is 2. The lowest BCUT2D eigenvalue weighted by Crippen LogP contribution is -2.35. The number of ether oxygens (including phenoxy) is 1. The summed E-state index contributed by atoms with van der Waals surface area (Å²) in [5, 5.41) is 19.1. The van der Waals surface area contributed by atoms with Crippen LogP contribution in [0.4, 0.5) is 0 Å². The van der Waals surface area contributed by atoms with E-state index in [1.807, 2.05) is 48.5 Å². The van der Waals surface area contributed by atoms with Crippen molar-refractivity contribution in [2.24, 2.45) is 0 Å². The van der Waals surface area contributed by atoms with Crippen LogP contribution in [0.5, 0.6) is 5.88 Å². The summed E-state index contributed by atoms with van der Waals surface area (Å²) >= 11 is 14.1. The molecule has 2 aromatic carbocycles. The van der Waals surface area contributed by atoms with Crippen LogP contribution in [0.1, 0.15) is 30.4 Å². The lowest BCUT2D eigenvalue weighted by atomic mass is 9.97. The minimum atomic E-state index is -0.910. The van der Waals surface area contributed by atoms with Crippen LogP contribution in [-0.2, 0) is 22.7 Å². The van der Waals surface area contributed by atoms with Crippen molar-refractivity contribution in [3.8, 4) is 39.4 Å². The molecule has 0 spiro atoms. The van der Waals surface area contributed by atoms with Crippen LogP contribution in [0.15, 0.2) is 77.9 Å². The SMILES string of the molecule is COc1nc(-c2cccc(-c3cccc(-c4ccn5c(=O)c(CNCCC(=O)O)cnc5c4)c3Cl)c2Cl)ccc1CNC[C@@H]1CCC(=O)N1. The van der Waals surface area contributed by atoms with E-state index in [9.17, 15) is 14.4 Å². The number of methoxy groups -OCH3 is 1. The van der Waals surface area contributed by atoms with Gasteiger partial charge in [0.1, 0.15) is 5.65 Å². The molecule has 1 saturated heterocycles. The second kappa shape index (κ2) is 15.2. The minimum absolute atomic E-state index is 0.0392. The zero-order chi connectivity index (χ0) is 34.5. The first-order chi connectivity index (χ1) is 23.7. The zero-order valence-electron chi connectivity index (χ0n) is 26.6. The van der Waals surface area contributed by atoms with E-state index in [1.165, 1.54) is 10.6 Å². The quantitative estimate of drug-likeness (QED) is 0.120. The third kappa shape index (κ3) is 7.60. The second-order valence-corrected chi connectivity index (χ2v) is 12.4. The van der Waals surface area contributed by atoms with Gasteiger partial charge < -0.3 is 25.8 Å². The van der Waals surface area contributed by atoms with Crippen LogP contribution >= 0.6 is 23.2 Å². The molecular formula is C36H34Cl2N6O5. The monoisotopic (exact) mass is 700 g/mol. The number of carbonyl (C=O) groups is 2. The molecular weight excluding hydrogens is 667 g/mol. The van der Waals surface area contributed by atoms with Crippen molar-refractivity contribution in [1.29, 1.82) is 0 Å². The van der Waals surface area contributed by atoms with E-state index < -0.39 is 5.97 Å². The molecule has 3 aromatic heterocycles. The maximum Gasteiger partial charge on any atom is 0.304 e. The van der Waals surface area contributed by atoms with Crippen LogP contribution in [0, 0.1) is 0 Å². The predicted molar refractivity (Wildman–Crippen MR) is 189 cm³/mol. The van der Waals surface area contributed by atoms with Crippen molar-refractivity contribution in [3.05, 3.63) is 105 Å². The maximum atomic E-state index is 13.1. The third-order valence-electron chi connectivity index (χ3n) is 8.41. The number of amides is 1. The summed E-state index contributed by atoms with van der Waals surface area (Å²) in [6.45, 7) is 1.65. The van der Waals surface area contributed by atoms with Crippen LogP contribution < -0.4 is 26.2 Å². The number of hydrogen-bond donors (Lipinski definition) is 4. The Labute approximate surface area is 292 Å². The highest BCUT2D eigenvalue weighted by Crippen LogP contribution is 2.42. The number of carbonyl (C=O) groups excluding carboxylic acids is 1. The van der Waals surface area contributed by atoms with Gasteiger partial charge in [-0.15, -0.1) is 0 Å². The first-order valence-corrected chi connectivity index (χ1v) is 16.5. The van der Waals surface area contributed by atoms with Crippen molar-refractivity contribution in [3.63, 3.8) is 0 Å². The van der Waals surface area contributed by atoms with Gasteiger partial charge in [-0.05, 0) is 30.2 Å². The van der Waals surface area contributed by atoms with Gasteiger partial charge in [-0.25, -0.2) is 9.97 Å². The average molecular weight is 702 g/mol. The largest absolute Gasteiger partial charge is 0.481 e. The maximum absolute atomic E-state index is 13.1. The molecule has 4 heterocycles. The van der Waals surface area contributed by atoms with Gasteiger partial charge in [0.25, 0.3) is 5.56 Å². The molecule has 252 valence electrons. The molecule has 0 bridgehead atoms. The van der Waals surface area contributed by atoms with Crippen molar-refractivity contribution in [1.82, 2.24) is 30.3 Å². The van der Waals surface area contributed by atoms with E-state index in [0.717, 1.165) is 39.8 Å². The second-order valence-electron chi connectivity index (χ2n) is 11.7. The number of hydrogen-bond acceptors (Lipinski definition) is 8. The van der Waals surface area contributed by atoms with E-state index in [4.69, 9.17) is 38.0 Å². The fraction of sp³-hybridized carbons (Fsp3) is 0.250. The van der Waals surface area contributed by atoms with Crippen LogP contribution in [-0.4, -0.2) is 57.6 Å². The number of fused-ring (bicyclic) bond motifs is 1. The molecule has 6 rings (SSSR count). The highest BCUT2D eigenvalue weighted by Gasteiger charge is 2.21. The van der Waals surface area contributed by atoms with Gasteiger partial charge in [-0.3, -0.25) is 18.8 Å². The summed E-state index contributed by atoms with van der Waals surface area (Å²) < 4.78 is 7.08. The van der Waals surface area contributed by atoms with Gasteiger partial charge in [0.05, 0.1) is 29.3 Å². The fourth-order valence-electron chi connectivity index (χ4n) is 5.86. The Balaban J connectivity index is 1.24. The molecule has 1 aliphatic rings. The molecule has 0 aliphatic carbocycles. The number of carboxylic acid groups (broad SMARTS) is 1. The molecule has 0 saturated carbocycles. The zero-order valence-corrected chi connectivity index (χ0v) is 28.1. The Morgan fingerprint density at radius 2 is 1.69 bits per heavy atom. The topological polar surface area (TPSA) is 147 Å². The van der Waals surface area contributed by atoms with Gasteiger partial charge in [-0.2, -0.15) is 0 Å². The highest BCUT2D eigenvalue weighted by atomic mass is 35.5. The summed E-state index contributed by atoms with van der Waals surface area (Å²) in [5.74, 6) is -0.344. The van der Waals surface area contributed by atoms with Gasteiger partial charge in [0.15, 0.2) is 0 Å². The number of aromatic nitrogens is 3. The van der Waals surface area contributed by atoms with Crippen molar-refractivity contribution >= 4 is 40.7 Å². The number of nitrogens with zero attached hydrogens (tertiary/aromatic N) is 3. The molecule has 1 aliphatic heterocycles. The summed E-state index contributed by atoms with van der Waals surface area (Å²) in [6, 6.07) is 19.0. The van der Waals surface area contributed by atoms with Crippen LogP contribution in [0.2, 0.25) is 10.0 Å². The number of carboxylic acids is 1. The Kier molecular flexibility index (Phi) is 10.5. The predicted octanol–water partition coefficient (Wildman–Crippen LogP) is 5.34. The van der Waals surface area contributed by atoms with Crippen LogP contribution in [0.25, 0.3) is 39.2 Å². The van der Waals surface area contributed by atoms with E-state index in [1.54, 1.807) is 25.4 Å². The molecule has 0 radical (unpaired) electrons. The van der Waals surface area contributed by atoms with E-state index in [-0.39, 0.29) is 37.0 Å². The molecule has 1 fully saturated rings. The number of aliphatic carboxylic acids is 1. The summed E-state index contributed by atoms with van der Waals surface area (Å²) in [4.78, 5) is 44.6. The Bertz CT molecular complexity index is 2100. The van der Waals surface area contributed by atoms with Crippen molar-refractivity contribution in [2.75, 3.05) is 20.2 Å². The number of nitrogens with one attached hydrogen (secondary N) is 3. The smallest absolute Gasteiger partial charge is 0.304 e. The van der Waals surface area contributed by atoms with Crippen molar-refractivity contribution in [2.45, 2.75) is 38.4 Å². The number of pyridine rings is 2. The average Bonchev–Trinajstić information content (AvgIpc) is 3.52. The Morgan fingerprint density at radius 3 is 2.41 bits per heavy atom. The summed E-state index contributed by atoms with van der Waals surface area (Å²) in [7, 11) is 1.58. The van der Waals surface area contributed by atoms with Crippen molar-refractivity contribution < 1.29 is 19.4 Å². The van der Waals surface area contributed by atoms with Gasteiger partial charge in [0.2, 0.25) is 11.8 Å². The molecule has 1 amide bonds. The van der Waals surface area contributed by atoms with E-state index >= 15 is 0 Å². The number of rotatable bonds is 13. The van der Waals surface area contributed by atoms with Gasteiger partial charge >= 0.3 is 5.97 Å². The molecule has 49 heavy (non-hydrogen) atoms. The Morgan fingerprint density at radius 1 is 0.980 bits per heavy atom. The van der Waals surface area contributed by atoms with E-state index in [0.29, 0.717) is 52.3 Å².